The first-order valence-electron chi connectivity index (χ1n) is 9.38. The predicted octanol–water partition coefficient (Wildman–Crippen LogP) is 4.57. The first-order valence-corrected chi connectivity index (χ1v) is 10.2. The maximum atomic E-state index is 14.0. The number of amides is 2. The van der Waals surface area contributed by atoms with Gasteiger partial charge in [-0.25, -0.2) is 13.6 Å². The van der Waals surface area contributed by atoms with Crippen molar-refractivity contribution in [1.82, 2.24) is 5.32 Å². The summed E-state index contributed by atoms with van der Waals surface area (Å²) in [5, 5.41) is 12.5. The molecule has 0 bridgehead atoms. The van der Waals surface area contributed by atoms with Crippen LogP contribution in [0.5, 0.6) is 5.75 Å². The third-order valence-corrected chi connectivity index (χ3v) is 5.23. The summed E-state index contributed by atoms with van der Waals surface area (Å²) in [6, 6.07) is 5.76. The van der Waals surface area contributed by atoms with Crippen LogP contribution in [0.4, 0.5) is 19.3 Å². The van der Waals surface area contributed by atoms with E-state index in [2.05, 4.69) is 21.2 Å². The van der Waals surface area contributed by atoms with Crippen molar-refractivity contribution in [2.24, 2.45) is 5.92 Å². The van der Waals surface area contributed by atoms with Gasteiger partial charge in [-0.2, -0.15) is 0 Å². The molecule has 2 aromatic rings. The van der Waals surface area contributed by atoms with Crippen molar-refractivity contribution in [3.63, 3.8) is 0 Å². The number of hydrogen-bond donors (Lipinski definition) is 2. The third kappa shape index (κ3) is 5.05. The van der Waals surface area contributed by atoms with E-state index in [4.69, 9.17) is 4.74 Å². The number of anilines is 1. The van der Waals surface area contributed by atoms with Crippen molar-refractivity contribution in [1.29, 1.82) is 0 Å². The van der Waals surface area contributed by atoms with Crippen LogP contribution in [0.2, 0.25) is 0 Å². The highest BCUT2D eigenvalue weighted by Crippen LogP contribution is 2.33. The Labute approximate surface area is 176 Å². The Morgan fingerprint density at radius 1 is 1.28 bits per heavy atom. The summed E-state index contributed by atoms with van der Waals surface area (Å²) in [6.45, 7) is 4.35. The number of benzene rings is 2. The monoisotopic (exact) mass is 468 g/mol. The first-order chi connectivity index (χ1) is 13.8. The van der Waals surface area contributed by atoms with Gasteiger partial charge in [-0.15, -0.1) is 0 Å². The molecule has 0 fully saturated rings. The summed E-state index contributed by atoms with van der Waals surface area (Å²) in [6.07, 6.45) is 0.596. The molecule has 1 heterocycles. The highest BCUT2D eigenvalue weighted by Gasteiger charge is 2.28. The average molecular weight is 469 g/mol. The molecular formula is C21H23BrF2N2O3. The van der Waals surface area contributed by atoms with Gasteiger partial charge >= 0.3 is 6.03 Å². The molecule has 1 aliphatic heterocycles. The van der Waals surface area contributed by atoms with Gasteiger partial charge in [-0.3, -0.25) is 4.90 Å². The third-order valence-electron chi connectivity index (χ3n) is 4.62. The Bertz CT molecular complexity index is 908. The number of fused-ring (bicyclic) bond motifs is 1. The van der Waals surface area contributed by atoms with Gasteiger partial charge in [0.15, 0.2) is 0 Å². The largest absolute Gasteiger partial charge is 0.493 e. The molecule has 1 unspecified atom stereocenters. The molecule has 0 aliphatic carbocycles. The molecule has 1 aliphatic rings. The highest BCUT2D eigenvalue weighted by molar-refractivity contribution is 9.10. The van der Waals surface area contributed by atoms with Crippen LogP contribution in [0, 0.1) is 17.6 Å². The molecule has 0 aromatic heterocycles. The van der Waals surface area contributed by atoms with Crippen molar-refractivity contribution in [3.8, 4) is 5.75 Å². The van der Waals surface area contributed by atoms with E-state index in [1.54, 1.807) is 12.1 Å². The van der Waals surface area contributed by atoms with Crippen molar-refractivity contribution in [3.05, 3.63) is 57.6 Å². The maximum absolute atomic E-state index is 14.0. The number of carbonyl (C=O) groups excluding carboxylic acids is 1. The number of aliphatic hydroxyl groups excluding tert-OH is 1. The maximum Gasteiger partial charge on any atom is 0.322 e. The second-order valence-electron chi connectivity index (χ2n) is 7.41. The number of halogens is 3. The fourth-order valence-electron chi connectivity index (χ4n) is 3.19. The lowest BCUT2D eigenvalue weighted by Gasteiger charge is -2.23. The summed E-state index contributed by atoms with van der Waals surface area (Å²) in [5.41, 5.74) is 1.73. The van der Waals surface area contributed by atoms with Gasteiger partial charge in [0.1, 0.15) is 17.4 Å². The topological polar surface area (TPSA) is 61.8 Å². The van der Waals surface area contributed by atoms with Gasteiger partial charge in [0.05, 0.1) is 29.4 Å². The Balaban J connectivity index is 1.77. The van der Waals surface area contributed by atoms with Crippen LogP contribution in [0.15, 0.2) is 34.8 Å². The number of rotatable bonds is 6. The number of nitrogens with one attached hydrogen (secondary N) is 1. The van der Waals surface area contributed by atoms with Crippen LogP contribution in [-0.2, 0) is 6.42 Å². The molecule has 2 aromatic carbocycles. The van der Waals surface area contributed by atoms with E-state index in [1.807, 2.05) is 13.8 Å². The van der Waals surface area contributed by atoms with Crippen molar-refractivity contribution < 1.29 is 23.4 Å². The summed E-state index contributed by atoms with van der Waals surface area (Å²) in [7, 11) is 0. The molecule has 156 valence electrons. The smallest absolute Gasteiger partial charge is 0.322 e. The van der Waals surface area contributed by atoms with Crippen LogP contribution < -0.4 is 15.0 Å². The SMILES string of the molecule is CC(C)COc1cc(F)cc(C(CO)NC(=O)N2CCc3cc(Br)c(F)cc32)c1. The lowest BCUT2D eigenvalue weighted by Crippen LogP contribution is -2.42. The lowest BCUT2D eigenvalue weighted by molar-refractivity contribution is 0.221. The minimum absolute atomic E-state index is 0.269. The molecule has 2 amide bonds. The normalized spacial score (nSPS) is 14.1. The zero-order chi connectivity index (χ0) is 21.1. The number of aliphatic hydroxyl groups is 1. The number of hydrogen-bond acceptors (Lipinski definition) is 3. The molecule has 0 saturated carbocycles. The second-order valence-corrected chi connectivity index (χ2v) is 8.26. The fourth-order valence-corrected chi connectivity index (χ4v) is 3.58. The number of urea groups is 1. The summed E-state index contributed by atoms with van der Waals surface area (Å²) >= 11 is 3.15. The van der Waals surface area contributed by atoms with Gasteiger partial charge in [0, 0.05) is 12.6 Å². The summed E-state index contributed by atoms with van der Waals surface area (Å²) < 4.78 is 33.9. The highest BCUT2D eigenvalue weighted by atomic mass is 79.9. The van der Waals surface area contributed by atoms with E-state index in [0.717, 1.165) is 5.56 Å². The lowest BCUT2D eigenvalue weighted by atomic mass is 10.1. The van der Waals surface area contributed by atoms with Gasteiger partial charge in [0.25, 0.3) is 0 Å². The summed E-state index contributed by atoms with van der Waals surface area (Å²) in [4.78, 5) is 14.2. The van der Waals surface area contributed by atoms with Crippen LogP contribution in [0.3, 0.4) is 0 Å². The number of carbonyl (C=O) groups is 1. The van der Waals surface area contributed by atoms with Crippen LogP contribution in [0.25, 0.3) is 0 Å². The Kier molecular flexibility index (Phi) is 6.74. The zero-order valence-electron chi connectivity index (χ0n) is 16.2. The zero-order valence-corrected chi connectivity index (χ0v) is 17.8. The van der Waals surface area contributed by atoms with Gasteiger partial charge in [0.2, 0.25) is 0 Å². The molecular weight excluding hydrogens is 446 g/mol. The van der Waals surface area contributed by atoms with Crippen LogP contribution in [-0.4, -0.2) is 30.9 Å². The molecule has 2 N–H and O–H groups in total. The van der Waals surface area contributed by atoms with Crippen LogP contribution >= 0.6 is 15.9 Å². The van der Waals surface area contributed by atoms with E-state index >= 15 is 0 Å². The summed E-state index contributed by atoms with van der Waals surface area (Å²) in [5.74, 6) is -0.378. The van der Waals surface area contributed by atoms with Crippen LogP contribution in [0.1, 0.15) is 31.0 Å². The van der Waals surface area contributed by atoms with E-state index in [9.17, 15) is 18.7 Å². The van der Waals surface area contributed by atoms with Gasteiger partial charge in [-0.1, -0.05) is 13.8 Å². The molecule has 8 heteroatoms. The number of nitrogens with zero attached hydrogens (tertiary/aromatic N) is 1. The second kappa shape index (κ2) is 9.09. The molecule has 0 radical (unpaired) electrons. The van der Waals surface area contributed by atoms with Crippen molar-refractivity contribution >= 4 is 27.6 Å². The minimum Gasteiger partial charge on any atom is -0.493 e. The van der Waals surface area contributed by atoms with E-state index in [1.165, 1.54) is 23.1 Å². The van der Waals surface area contributed by atoms with Crippen molar-refractivity contribution in [2.45, 2.75) is 26.3 Å². The van der Waals surface area contributed by atoms with Crippen molar-refractivity contribution in [2.75, 3.05) is 24.7 Å². The molecule has 1 atom stereocenters. The fraction of sp³-hybridized carbons (Fsp3) is 0.381. The van der Waals surface area contributed by atoms with E-state index < -0.39 is 30.3 Å². The standard InChI is InChI=1S/C21H23BrF2N2O3/c1-12(2)11-29-16-6-14(5-15(23)8-16)19(10-27)25-21(28)26-4-3-13-7-17(22)18(24)9-20(13)26/h5-9,12,19,27H,3-4,10-11H2,1-2H3,(H,25,28). The first kappa shape index (κ1) is 21.5. The van der Waals surface area contributed by atoms with Gasteiger partial charge in [-0.05, 0) is 63.7 Å². The molecule has 29 heavy (non-hydrogen) atoms. The molecule has 3 rings (SSSR count). The van der Waals surface area contributed by atoms with E-state index in [-0.39, 0.29) is 5.92 Å². The predicted molar refractivity (Wildman–Crippen MR) is 110 cm³/mol. The Hall–Kier alpha value is -2.19. The average Bonchev–Trinajstić information content (AvgIpc) is 3.06. The quantitative estimate of drug-likeness (QED) is 0.652. The molecule has 0 spiro atoms. The molecule has 5 nitrogen and oxygen atoms in total. The Morgan fingerprint density at radius 3 is 2.72 bits per heavy atom. The molecule has 0 saturated heterocycles. The number of ether oxygens (including phenoxy) is 1. The van der Waals surface area contributed by atoms with E-state index in [0.29, 0.717) is 41.0 Å². The Morgan fingerprint density at radius 2 is 2.03 bits per heavy atom. The minimum atomic E-state index is -0.830. The van der Waals surface area contributed by atoms with Gasteiger partial charge < -0.3 is 15.2 Å².